The van der Waals surface area contributed by atoms with Crippen molar-refractivity contribution < 1.29 is 10.0 Å². The van der Waals surface area contributed by atoms with Gasteiger partial charge in [0.25, 0.3) is 0 Å². The van der Waals surface area contributed by atoms with Crippen LogP contribution in [0.5, 0.6) is 0 Å². The zero-order chi connectivity index (χ0) is 9.14. The number of nitrogens with two attached hydrogens (primary N) is 1. The van der Waals surface area contributed by atoms with Gasteiger partial charge in [0.2, 0.25) is 0 Å². The van der Waals surface area contributed by atoms with Crippen molar-refractivity contribution in [3.63, 3.8) is 0 Å². The number of thioether (sulfide) groups is 1. The van der Waals surface area contributed by atoms with Crippen LogP contribution in [0.1, 0.15) is 0 Å². The summed E-state index contributed by atoms with van der Waals surface area (Å²) in [5, 5.41) is 17.8. The Bertz CT molecular complexity index is 280. The molecule has 0 spiro atoms. The van der Waals surface area contributed by atoms with Crippen molar-refractivity contribution in [2.45, 2.75) is 4.90 Å². The van der Waals surface area contributed by atoms with Crippen LogP contribution in [0.3, 0.4) is 0 Å². The van der Waals surface area contributed by atoms with Gasteiger partial charge in [-0.1, -0.05) is 0 Å². The fraction of sp³-hybridized carbons (Fsp3) is 0.143. The topological polar surface area (TPSA) is 66.5 Å². The Morgan fingerprint density at radius 1 is 1.42 bits per heavy atom. The standard InChI is InChI=1S/C7H10BNO2S/c1-12-5-2-3-7(9)6(4-5)8(10)11/h2-4,10-11H,9H2,1H3. The molecule has 3 nitrogen and oxygen atoms in total. The molecule has 0 fully saturated rings. The maximum Gasteiger partial charge on any atom is 0.490 e. The Hall–Kier alpha value is -0.645. The number of anilines is 1. The minimum Gasteiger partial charge on any atom is -0.423 e. The minimum absolute atomic E-state index is 0.363. The van der Waals surface area contributed by atoms with Gasteiger partial charge in [-0.15, -0.1) is 11.8 Å². The van der Waals surface area contributed by atoms with E-state index in [9.17, 15) is 0 Å². The molecule has 0 aliphatic carbocycles. The fourth-order valence-electron chi connectivity index (χ4n) is 0.903. The molecule has 0 aromatic heterocycles. The molecule has 1 aromatic carbocycles. The lowest BCUT2D eigenvalue weighted by Gasteiger charge is -2.05. The predicted molar refractivity (Wildman–Crippen MR) is 52.5 cm³/mol. The number of hydrogen-bond donors (Lipinski definition) is 3. The first-order valence-electron chi connectivity index (χ1n) is 3.44. The van der Waals surface area contributed by atoms with E-state index in [2.05, 4.69) is 0 Å². The summed E-state index contributed by atoms with van der Waals surface area (Å²) in [6, 6.07) is 5.18. The Balaban J connectivity index is 3.08. The van der Waals surface area contributed by atoms with Gasteiger partial charge in [0.05, 0.1) is 0 Å². The molecule has 0 saturated heterocycles. The normalized spacial score (nSPS) is 9.92. The van der Waals surface area contributed by atoms with E-state index in [1.54, 1.807) is 12.1 Å². The number of benzene rings is 1. The summed E-state index contributed by atoms with van der Waals surface area (Å²) in [6.07, 6.45) is 1.92. The van der Waals surface area contributed by atoms with Gasteiger partial charge in [0.15, 0.2) is 0 Å². The largest absolute Gasteiger partial charge is 0.490 e. The summed E-state index contributed by atoms with van der Waals surface area (Å²) in [4.78, 5) is 0.965. The second-order valence-electron chi connectivity index (χ2n) is 2.37. The molecule has 0 saturated carbocycles. The summed E-state index contributed by atoms with van der Waals surface area (Å²) < 4.78 is 0. The van der Waals surface area contributed by atoms with E-state index in [0.717, 1.165) is 4.90 Å². The Morgan fingerprint density at radius 3 is 2.58 bits per heavy atom. The molecule has 0 aliphatic heterocycles. The molecule has 4 N–H and O–H groups in total. The first-order valence-corrected chi connectivity index (χ1v) is 4.67. The van der Waals surface area contributed by atoms with Crippen LogP contribution in [0.15, 0.2) is 23.1 Å². The highest BCUT2D eigenvalue weighted by Crippen LogP contribution is 2.14. The molecular weight excluding hydrogens is 173 g/mol. The highest BCUT2D eigenvalue weighted by Gasteiger charge is 2.14. The second kappa shape index (κ2) is 3.84. The van der Waals surface area contributed by atoms with Gasteiger partial charge in [-0.25, -0.2) is 0 Å². The van der Waals surface area contributed by atoms with Crippen molar-refractivity contribution in [2.75, 3.05) is 12.0 Å². The lowest BCUT2D eigenvalue weighted by molar-refractivity contribution is 0.426. The van der Waals surface area contributed by atoms with Crippen molar-refractivity contribution in [1.82, 2.24) is 0 Å². The van der Waals surface area contributed by atoms with Crippen LogP contribution in [0.2, 0.25) is 0 Å². The van der Waals surface area contributed by atoms with E-state index >= 15 is 0 Å². The molecule has 0 aliphatic rings. The highest BCUT2D eigenvalue weighted by atomic mass is 32.2. The summed E-state index contributed by atoms with van der Waals surface area (Å²) in [5.74, 6) is 0. The average Bonchev–Trinajstić information content (AvgIpc) is 2.05. The molecule has 0 radical (unpaired) electrons. The monoisotopic (exact) mass is 183 g/mol. The third-order valence-electron chi connectivity index (χ3n) is 1.57. The molecule has 1 rings (SSSR count). The predicted octanol–water partition coefficient (Wildman–Crippen LogP) is -0.329. The zero-order valence-electron chi connectivity index (χ0n) is 6.69. The summed E-state index contributed by atoms with van der Waals surface area (Å²) in [5.41, 5.74) is 6.28. The average molecular weight is 183 g/mol. The molecule has 5 heteroatoms. The number of hydrogen-bond acceptors (Lipinski definition) is 4. The van der Waals surface area contributed by atoms with Gasteiger partial charge in [0.1, 0.15) is 0 Å². The Kier molecular flexibility index (Phi) is 3.02. The molecule has 1 aromatic rings. The highest BCUT2D eigenvalue weighted by molar-refractivity contribution is 7.98. The van der Waals surface area contributed by atoms with E-state index in [1.807, 2.05) is 12.3 Å². The minimum atomic E-state index is -1.49. The smallest absolute Gasteiger partial charge is 0.423 e. The number of rotatable bonds is 2. The van der Waals surface area contributed by atoms with Crippen LogP contribution in [-0.2, 0) is 0 Å². The van der Waals surface area contributed by atoms with Crippen LogP contribution in [0.4, 0.5) is 5.69 Å². The maximum atomic E-state index is 8.89. The van der Waals surface area contributed by atoms with Crippen molar-refractivity contribution >= 4 is 30.0 Å². The maximum absolute atomic E-state index is 8.89. The summed E-state index contributed by atoms with van der Waals surface area (Å²) in [7, 11) is -1.49. The van der Waals surface area contributed by atoms with Crippen molar-refractivity contribution in [3.8, 4) is 0 Å². The molecule has 0 bridgehead atoms. The van der Waals surface area contributed by atoms with Gasteiger partial charge in [-0.2, -0.15) is 0 Å². The fourth-order valence-corrected chi connectivity index (χ4v) is 1.35. The van der Waals surface area contributed by atoms with Gasteiger partial charge >= 0.3 is 7.12 Å². The molecule has 64 valence electrons. The van der Waals surface area contributed by atoms with Crippen LogP contribution in [-0.4, -0.2) is 23.4 Å². The quantitative estimate of drug-likeness (QED) is 0.333. The zero-order valence-corrected chi connectivity index (χ0v) is 7.51. The third kappa shape index (κ3) is 1.94. The molecule has 0 unspecified atom stereocenters. The van der Waals surface area contributed by atoms with Crippen molar-refractivity contribution in [1.29, 1.82) is 0 Å². The lowest BCUT2D eigenvalue weighted by Crippen LogP contribution is -2.32. The van der Waals surface area contributed by atoms with E-state index in [-0.39, 0.29) is 0 Å². The van der Waals surface area contributed by atoms with Gasteiger partial charge < -0.3 is 15.8 Å². The first-order chi connectivity index (χ1) is 5.65. The van der Waals surface area contributed by atoms with Crippen molar-refractivity contribution in [3.05, 3.63) is 18.2 Å². The molecular formula is C7H10BNO2S. The summed E-state index contributed by atoms with van der Waals surface area (Å²) >= 11 is 1.53. The van der Waals surface area contributed by atoms with Crippen LogP contribution in [0.25, 0.3) is 0 Å². The van der Waals surface area contributed by atoms with Gasteiger partial charge in [-0.05, 0) is 24.5 Å². The van der Waals surface area contributed by atoms with Gasteiger partial charge in [-0.3, -0.25) is 0 Å². The van der Waals surface area contributed by atoms with Gasteiger partial charge in [0, 0.05) is 16.0 Å². The summed E-state index contributed by atoms with van der Waals surface area (Å²) in [6.45, 7) is 0. The van der Waals surface area contributed by atoms with Crippen LogP contribution in [0, 0.1) is 0 Å². The van der Waals surface area contributed by atoms with E-state index in [4.69, 9.17) is 15.8 Å². The molecule has 0 heterocycles. The van der Waals surface area contributed by atoms with Crippen LogP contribution >= 0.6 is 11.8 Å². The molecule has 12 heavy (non-hydrogen) atoms. The van der Waals surface area contributed by atoms with E-state index in [0.29, 0.717) is 11.2 Å². The van der Waals surface area contributed by atoms with E-state index in [1.165, 1.54) is 11.8 Å². The Morgan fingerprint density at radius 2 is 2.08 bits per heavy atom. The molecule has 0 atom stereocenters. The second-order valence-corrected chi connectivity index (χ2v) is 3.25. The lowest BCUT2D eigenvalue weighted by atomic mass is 9.79. The van der Waals surface area contributed by atoms with E-state index < -0.39 is 7.12 Å². The third-order valence-corrected chi connectivity index (χ3v) is 2.30. The SMILES string of the molecule is CSc1ccc(N)c(B(O)O)c1. The van der Waals surface area contributed by atoms with Crippen molar-refractivity contribution in [2.24, 2.45) is 0 Å². The van der Waals surface area contributed by atoms with Crippen LogP contribution < -0.4 is 11.2 Å². The first kappa shape index (κ1) is 9.44. The number of nitrogen functional groups attached to an aromatic ring is 1. The Labute approximate surface area is 75.7 Å². The molecule has 0 amide bonds.